The van der Waals surface area contributed by atoms with Crippen molar-refractivity contribution < 1.29 is 37.8 Å². The number of halogens is 2. The van der Waals surface area contributed by atoms with Gasteiger partial charge in [0.05, 0.1) is 53.0 Å². The van der Waals surface area contributed by atoms with E-state index in [-0.39, 0.29) is 24.9 Å². The minimum Gasteiger partial charge on any atom is -0.469 e. The number of aryl methyl sites for hydroxylation is 3. The molecule has 1 saturated heterocycles. The van der Waals surface area contributed by atoms with Crippen LogP contribution in [0, 0.1) is 44.7 Å². The molecule has 3 N–H and O–H groups in total. The van der Waals surface area contributed by atoms with E-state index >= 15 is 8.78 Å². The van der Waals surface area contributed by atoms with Gasteiger partial charge in [0, 0.05) is 34.5 Å². The number of fused-ring (bicyclic) bond motifs is 3. The number of likely N-dealkylation sites (tertiary alicyclic amines) is 1. The second-order valence-corrected chi connectivity index (χ2v) is 20.4. The Balaban J connectivity index is 1.00. The molecule has 0 radical (unpaired) electrons. The van der Waals surface area contributed by atoms with Crippen LogP contribution >= 0.6 is 22.7 Å². The van der Waals surface area contributed by atoms with Crippen LogP contribution in [0.3, 0.4) is 0 Å². The van der Waals surface area contributed by atoms with Crippen molar-refractivity contribution in [2.24, 2.45) is 10.4 Å². The number of hydrogen-bond donors (Lipinski definition) is 3. The van der Waals surface area contributed by atoms with Gasteiger partial charge in [0.2, 0.25) is 11.8 Å². The third-order valence-electron chi connectivity index (χ3n) is 12.7. The van der Waals surface area contributed by atoms with E-state index in [0.29, 0.717) is 28.5 Å². The van der Waals surface area contributed by atoms with Crippen LogP contribution in [0.4, 0.5) is 8.78 Å². The molecule has 5 heterocycles. The summed E-state index contributed by atoms with van der Waals surface area (Å²) >= 11 is 3.09. The third kappa shape index (κ3) is 9.11. The molecular formula is C50H52F2N8O6S2. The van der Waals surface area contributed by atoms with E-state index in [1.807, 2.05) is 63.5 Å². The maximum absolute atomic E-state index is 16.1. The Labute approximate surface area is 400 Å². The Morgan fingerprint density at radius 2 is 1.59 bits per heavy atom. The molecule has 2 aliphatic rings. The number of β-amino-alcohol motifs (C(OH)–C–C–N with tert-alkyl or cyclic N) is 1. The maximum Gasteiger partial charge on any atom is 0.308 e. The molecule has 3 aromatic heterocycles. The van der Waals surface area contributed by atoms with E-state index in [1.165, 1.54) is 18.1 Å². The number of carbonyl (C=O) groups is 4. The number of aliphatic hydroxyl groups excluding tert-OH is 1. The van der Waals surface area contributed by atoms with Crippen LogP contribution in [-0.4, -0.2) is 91.0 Å². The summed E-state index contributed by atoms with van der Waals surface area (Å²) in [5, 5.41) is 25.9. The highest BCUT2D eigenvalue weighted by Gasteiger charge is 2.45. The number of aromatic nitrogens is 4. The maximum atomic E-state index is 16.1. The molecule has 0 spiro atoms. The summed E-state index contributed by atoms with van der Waals surface area (Å²) in [5.74, 6) is -4.18. The zero-order valence-electron chi connectivity index (χ0n) is 39.1. The number of methoxy groups -OCH3 is 1. The first-order valence-corrected chi connectivity index (χ1v) is 23.8. The highest BCUT2D eigenvalue weighted by atomic mass is 32.1. The van der Waals surface area contributed by atoms with Gasteiger partial charge in [-0.2, -0.15) is 0 Å². The lowest BCUT2D eigenvalue weighted by Crippen LogP contribution is -2.58. The molecule has 354 valence electrons. The average molecular weight is 963 g/mol. The molecule has 2 aliphatic heterocycles. The van der Waals surface area contributed by atoms with Crippen LogP contribution in [-0.2, 0) is 19.1 Å². The molecule has 3 aromatic carbocycles. The standard InChI is InChI=1S/C50H52F2N8O6S2/c1-24-27(4)68-49-39(24)42(55-36(21-38(62)66-9)45-58-57-28(5)60(45)49)31-14-12-30(13-15-31)34-18-19-35(41(52)40(34)51)46(63)56-44(50(6,7)8)48(65)59-22-33(61)20-37(59)47(64)54-25(2)29-10-16-32(17-11-29)43-26(3)53-23-67-43/h10-19,23,25,33,36-37,44,61H,20-22H2,1-9H3,(H,54,64)(H,56,63)/t25-,33+,36-,37-,44?/m0/s1. The first-order chi connectivity index (χ1) is 32.3. The van der Waals surface area contributed by atoms with Crippen molar-refractivity contribution in [2.45, 2.75) is 98.5 Å². The summed E-state index contributed by atoms with van der Waals surface area (Å²) in [6.07, 6.45) is -1.11. The van der Waals surface area contributed by atoms with Crippen LogP contribution in [0.5, 0.6) is 0 Å². The number of aliphatic hydroxyl groups is 1. The van der Waals surface area contributed by atoms with Gasteiger partial charge in [0.1, 0.15) is 29.0 Å². The van der Waals surface area contributed by atoms with Gasteiger partial charge in [-0.15, -0.1) is 32.9 Å². The summed E-state index contributed by atoms with van der Waals surface area (Å²) in [5.41, 5.74) is 6.26. The second kappa shape index (κ2) is 18.9. The van der Waals surface area contributed by atoms with Crippen molar-refractivity contribution >= 4 is 52.1 Å². The van der Waals surface area contributed by atoms with Gasteiger partial charge in [-0.05, 0) is 68.4 Å². The molecule has 8 rings (SSSR count). The molecule has 1 unspecified atom stereocenters. The Kier molecular flexibility index (Phi) is 13.3. The number of amides is 3. The summed E-state index contributed by atoms with van der Waals surface area (Å²) in [7, 11) is 1.31. The third-order valence-corrected chi connectivity index (χ3v) is 14.8. The first kappa shape index (κ1) is 48.0. The Morgan fingerprint density at radius 1 is 0.912 bits per heavy atom. The van der Waals surface area contributed by atoms with Crippen molar-refractivity contribution in [3.63, 3.8) is 0 Å². The van der Waals surface area contributed by atoms with Gasteiger partial charge in [0.25, 0.3) is 5.91 Å². The van der Waals surface area contributed by atoms with E-state index in [0.717, 1.165) is 48.8 Å². The molecular weight excluding hydrogens is 911 g/mol. The number of nitrogens with one attached hydrogen (secondary N) is 2. The topological polar surface area (TPSA) is 181 Å². The van der Waals surface area contributed by atoms with Crippen molar-refractivity contribution in [1.82, 2.24) is 35.3 Å². The number of thiophene rings is 1. The zero-order valence-corrected chi connectivity index (χ0v) is 40.7. The summed E-state index contributed by atoms with van der Waals surface area (Å²) < 4.78 is 39.1. The van der Waals surface area contributed by atoms with Crippen LogP contribution in [0.15, 0.2) is 71.2 Å². The minimum absolute atomic E-state index is 0.0251. The molecule has 14 nitrogen and oxygen atoms in total. The number of benzene rings is 3. The van der Waals surface area contributed by atoms with E-state index in [1.54, 1.807) is 73.2 Å². The van der Waals surface area contributed by atoms with Crippen LogP contribution in [0.25, 0.3) is 26.6 Å². The number of esters is 1. The lowest BCUT2D eigenvalue weighted by Gasteiger charge is -2.35. The van der Waals surface area contributed by atoms with Crippen LogP contribution in [0.1, 0.15) is 107 Å². The molecule has 0 saturated carbocycles. The van der Waals surface area contributed by atoms with E-state index in [9.17, 15) is 24.3 Å². The van der Waals surface area contributed by atoms with Crippen LogP contribution < -0.4 is 10.6 Å². The van der Waals surface area contributed by atoms with Crippen molar-refractivity contribution in [1.29, 1.82) is 0 Å². The minimum atomic E-state index is -1.41. The molecule has 6 aromatic rings. The highest BCUT2D eigenvalue weighted by Crippen LogP contribution is 2.40. The van der Waals surface area contributed by atoms with Crippen molar-refractivity contribution in [3.05, 3.63) is 128 Å². The smallest absolute Gasteiger partial charge is 0.308 e. The van der Waals surface area contributed by atoms with Crippen molar-refractivity contribution in [2.75, 3.05) is 13.7 Å². The fourth-order valence-electron chi connectivity index (χ4n) is 8.75. The Bertz CT molecular complexity index is 2970. The van der Waals surface area contributed by atoms with Gasteiger partial charge in [-0.25, -0.2) is 13.8 Å². The van der Waals surface area contributed by atoms with Gasteiger partial charge in [0.15, 0.2) is 17.5 Å². The average Bonchev–Trinajstić information content (AvgIpc) is 4.08. The predicted octanol–water partition coefficient (Wildman–Crippen LogP) is 8.07. The monoisotopic (exact) mass is 962 g/mol. The molecule has 68 heavy (non-hydrogen) atoms. The SMILES string of the molecule is COC(=O)C[C@@H]1N=C(c2ccc(-c3ccc(C(=O)NC(C(=O)N4C[C@H](O)C[C@H]4C(=O)N[C@@H](C)c4ccc(-c5scnc5C)cc4)C(C)(C)C)c(F)c3F)cc2)c2c(sc(C)c2C)-n2c(C)nnc21. The van der Waals surface area contributed by atoms with Crippen molar-refractivity contribution in [3.8, 4) is 26.6 Å². The van der Waals surface area contributed by atoms with Crippen LogP contribution in [0.2, 0.25) is 0 Å². The predicted molar refractivity (Wildman–Crippen MR) is 256 cm³/mol. The molecule has 5 atom stereocenters. The Hall–Kier alpha value is -6.50. The van der Waals surface area contributed by atoms with Gasteiger partial charge in [-0.1, -0.05) is 75.4 Å². The fraction of sp³-hybridized carbons (Fsp3) is 0.360. The number of rotatable bonds is 11. The van der Waals surface area contributed by atoms with Gasteiger partial charge in [-0.3, -0.25) is 28.7 Å². The number of nitrogens with zero attached hydrogens (tertiary/aromatic N) is 6. The second-order valence-electron chi connectivity index (χ2n) is 18.3. The van der Waals surface area contributed by atoms with E-state index in [4.69, 9.17) is 9.73 Å². The summed E-state index contributed by atoms with van der Waals surface area (Å²) in [6.45, 7) is 14.5. The number of carbonyl (C=O) groups excluding carboxylic acids is 4. The molecule has 1 fully saturated rings. The quantitative estimate of drug-likeness (QED) is 0.108. The Morgan fingerprint density at radius 3 is 2.24 bits per heavy atom. The van der Waals surface area contributed by atoms with Gasteiger partial charge >= 0.3 is 5.97 Å². The van der Waals surface area contributed by atoms with Gasteiger partial charge < -0.3 is 25.4 Å². The number of ether oxygens (including phenoxy) is 1. The molecule has 18 heteroatoms. The fourth-order valence-corrected chi connectivity index (χ4v) is 10.8. The highest BCUT2D eigenvalue weighted by molar-refractivity contribution is 7.15. The van der Waals surface area contributed by atoms with E-state index in [2.05, 4.69) is 25.8 Å². The molecule has 3 amide bonds. The first-order valence-electron chi connectivity index (χ1n) is 22.1. The number of aliphatic imine (C=N–C) groups is 1. The zero-order chi connectivity index (χ0) is 48.9. The lowest BCUT2D eigenvalue weighted by molar-refractivity contribution is -0.142. The normalized spacial score (nSPS) is 17.7. The molecule has 0 aliphatic carbocycles. The van der Waals surface area contributed by atoms with E-state index < -0.39 is 76.6 Å². The summed E-state index contributed by atoms with van der Waals surface area (Å²) in [6, 6.07) is 13.4. The largest absolute Gasteiger partial charge is 0.469 e. The number of hydrogen-bond acceptors (Lipinski definition) is 12. The molecule has 0 bridgehead atoms. The summed E-state index contributed by atoms with van der Waals surface area (Å²) in [4.78, 5) is 67.3. The lowest BCUT2D eigenvalue weighted by atomic mass is 9.85. The number of thiazole rings is 1.